The van der Waals surface area contributed by atoms with Crippen LogP contribution in [0.15, 0.2) is 42.5 Å². The lowest BCUT2D eigenvalue weighted by molar-refractivity contribution is -0.142. The van der Waals surface area contributed by atoms with E-state index >= 15 is 0 Å². The van der Waals surface area contributed by atoms with E-state index in [1.165, 1.54) is 12.1 Å². The Morgan fingerprint density at radius 1 is 1.18 bits per heavy atom. The van der Waals surface area contributed by atoms with Crippen molar-refractivity contribution in [3.05, 3.63) is 53.6 Å². The standard InChI is InChI=1S/C23H31N3O7S/c1-34(31,32)25-20-12-17(4-7-21(20)27)22(28)13-24-18-8-10-26(11-9-18)19-5-2-16(3-6-19)14-33-15-23(29)30/h2-7,12,18,22,24-25,27-28H,8-11,13-15H2,1H3,(H,29,30). The van der Waals surface area contributed by atoms with Gasteiger partial charge in [-0.1, -0.05) is 18.2 Å². The number of carboxylic acid groups (broad SMARTS) is 1. The zero-order chi connectivity index (χ0) is 24.7. The van der Waals surface area contributed by atoms with Crippen molar-refractivity contribution in [1.29, 1.82) is 0 Å². The molecule has 2 aromatic carbocycles. The Morgan fingerprint density at radius 2 is 1.85 bits per heavy atom. The molecule has 0 spiro atoms. The molecule has 0 bridgehead atoms. The monoisotopic (exact) mass is 493 g/mol. The predicted octanol–water partition coefficient (Wildman–Crippen LogP) is 1.66. The van der Waals surface area contributed by atoms with Crippen molar-refractivity contribution >= 4 is 27.4 Å². The lowest BCUT2D eigenvalue weighted by Crippen LogP contribution is -2.43. The second-order valence-electron chi connectivity index (χ2n) is 8.39. The van der Waals surface area contributed by atoms with Gasteiger partial charge in [-0.05, 0) is 48.2 Å². The van der Waals surface area contributed by atoms with Crippen molar-refractivity contribution < 1.29 is 33.3 Å². The third-order valence-electron chi connectivity index (χ3n) is 5.59. The number of benzene rings is 2. The number of phenolic OH excluding ortho intramolecular Hbond substituents is 1. The van der Waals surface area contributed by atoms with Gasteiger partial charge in [0.2, 0.25) is 10.0 Å². The van der Waals surface area contributed by atoms with Gasteiger partial charge in [-0.3, -0.25) is 4.72 Å². The fourth-order valence-corrected chi connectivity index (χ4v) is 4.40. The number of hydrogen-bond acceptors (Lipinski definition) is 8. The van der Waals surface area contributed by atoms with Crippen LogP contribution in [0.2, 0.25) is 0 Å². The molecule has 0 amide bonds. The molecule has 0 saturated carbocycles. The van der Waals surface area contributed by atoms with E-state index in [0.717, 1.165) is 43.4 Å². The minimum atomic E-state index is -3.55. The molecule has 0 radical (unpaired) electrons. The summed E-state index contributed by atoms with van der Waals surface area (Å²) in [5.41, 5.74) is 2.54. The van der Waals surface area contributed by atoms with Crippen molar-refractivity contribution in [3.8, 4) is 5.75 Å². The maximum Gasteiger partial charge on any atom is 0.329 e. The second kappa shape index (κ2) is 11.5. The van der Waals surface area contributed by atoms with E-state index in [9.17, 15) is 23.4 Å². The zero-order valence-electron chi connectivity index (χ0n) is 19.0. The molecule has 2 aromatic rings. The number of nitrogens with one attached hydrogen (secondary N) is 2. The molecule has 1 heterocycles. The molecule has 1 atom stereocenters. The SMILES string of the molecule is CS(=O)(=O)Nc1cc(C(O)CNC2CCN(c3ccc(COCC(=O)O)cc3)CC2)ccc1O. The molecule has 5 N–H and O–H groups in total. The predicted molar refractivity (Wildman–Crippen MR) is 129 cm³/mol. The van der Waals surface area contributed by atoms with Crippen LogP contribution in [-0.4, -0.2) is 68.2 Å². The summed E-state index contributed by atoms with van der Waals surface area (Å²) in [5, 5.41) is 32.4. The van der Waals surface area contributed by atoms with Crippen LogP contribution < -0.4 is 14.9 Å². The number of ether oxygens (including phenoxy) is 1. The molecule has 186 valence electrons. The normalized spacial score (nSPS) is 15.8. The lowest BCUT2D eigenvalue weighted by atomic mass is 10.0. The molecule has 11 heteroatoms. The average Bonchev–Trinajstić information content (AvgIpc) is 2.79. The van der Waals surface area contributed by atoms with Crippen LogP contribution in [0.1, 0.15) is 30.1 Å². The van der Waals surface area contributed by atoms with Crippen LogP contribution >= 0.6 is 0 Å². The van der Waals surface area contributed by atoms with Gasteiger partial charge in [-0.15, -0.1) is 0 Å². The molecule has 1 unspecified atom stereocenters. The number of aliphatic hydroxyl groups excluding tert-OH is 1. The summed E-state index contributed by atoms with van der Waals surface area (Å²) in [6.45, 7) is 1.95. The van der Waals surface area contributed by atoms with E-state index in [1.807, 2.05) is 24.3 Å². The summed E-state index contributed by atoms with van der Waals surface area (Å²) >= 11 is 0. The van der Waals surface area contributed by atoms with E-state index in [1.54, 1.807) is 6.07 Å². The third kappa shape index (κ3) is 7.87. The molecule has 1 saturated heterocycles. The number of piperidine rings is 1. The fourth-order valence-electron chi connectivity index (χ4n) is 3.84. The number of rotatable bonds is 11. The maximum atomic E-state index is 11.4. The summed E-state index contributed by atoms with van der Waals surface area (Å²) in [6.07, 6.45) is 1.93. The summed E-state index contributed by atoms with van der Waals surface area (Å²) in [6, 6.07) is 12.5. The first-order valence-electron chi connectivity index (χ1n) is 11.0. The molecule has 34 heavy (non-hydrogen) atoms. The first kappa shape index (κ1) is 25.8. The number of anilines is 2. The van der Waals surface area contributed by atoms with Crippen LogP contribution in [-0.2, 0) is 26.2 Å². The molecule has 0 aromatic heterocycles. The zero-order valence-corrected chi connectivity index (χ0v) is 19.8. The summed E-state index contributed by atoms with van der Waals surface area (Å²) < 4.78 is 30.3. The Labute approximate surface area is 199 Å². The smallest absolute Gasteiger partial charge is 0.329 e. The van der Waals surface area contributed by atoms with Crippen molar-refractivity contribution in [2.75, 3.05) is 42.1 Å². The number of aliphatic carboxylic acids is 1. The van der Waals surface area contributed by atoms with Gasteiger partial charge in [-0.2, -0.15) is 0 Å². The van der Waals surface area contributed by atoms with Gasteiger partial charge >= 0.3 is 5.97 Å². The molecular weight excluding hydrogens is 462 g/mol. The number of hydrogen-bond donors (Lipinski definition) is 5. The molecule has 1 fully saturated rings. The van der Waals surface area contributed by atoms with Crippen molar-refractivity contribution in [2.45, 2.75) is 31.6 Å². The van der Waals surface area contributed by atoms with Crippen molar-refractivity contribution in [3.63, 3.8) is 0 Å². The Bertz CT molecular complexity index is 1070. The molecule has 0 aliphatic carbocycles. The van der Waals surface area contributed by atoms with Gasteiger partial charge in [0.1, 0.15) is 12.4 Å². The number of aromatic hydroxyl groups is 1. The Morgan fingerprint density at radius 3 is 2.47 bits per heavy atom. The molecule has 3 rings (SSSR count). The average molecular weight is 494 g/mol. The molecule has 10 nitrogen and oxygen atoms in total. The van der Waals surface area contributed by atoms with E-state index in [-0.39, 0.29) is 30.7 Å². The highest BCUT2D eigenvalue weighted by Gasteiger charge is 2.21. The Balaban J connectivity index is 1.45. The van der Waals surface area contributed by atoms with Crippen LogP contribution in [0.5, 0.6) is 5.75 Å². The van der Waals surface area contributed by atoms with Crippen LogP contribution in [0, 0.1) is 0 Å². The van der Waals surface area contributed by atoms with Gasteiger partial charge in [0.15, 0.2) is 0 Å². The minimum Gasteiger partial charge on any atom is -0.506 e. The number of aliphatic hydroxyl groups is 1. The summed E-state index contributed by atoms with van der Waals surface area (Å²) in [5.74, 6) is -1.19. The minimum absolute atomic E-state index is 0.0341. The Hall–Kier alpha value is -2.86. The lowest BCUT2D eigenvalue weighted by Gasteiger charge is -2.34. The number of phenols is 1. The van der Waals surface area contributed by atoms with E-state index in [4.69, 9.17) is 9.84 Å². The fraction of sp³-hybridized carbons (Fsp3) is 0.435. The van der Waals surface area contributed by atoms with Gasteiger partial charge in [0.25, 0.3) is 0 Å². The first-order valence-corrected chi connectivity index (χ1v) is 12.9. The van der Waals surface area contributed by atoms with Crippen molar-refractivity contribution in [1.82, 2.24) is 5.32 Å². The van der Waals surface area contributed by atoms with Crippen LogP contribution in [0.3, 0.4) is 0 Å². The van der Waals surface area contributed by atoms with E-state index in [0.29, 0.717) is 12.1 Å². The van der Waals surface area contributed by atoms with Crippen LogP contribution in [0.25, 0.3) is 0 Å². The van der Waals surface area contributed by atoms with Gasteiger partial charge in [0.05, 0.1) is 24.7 Å². The number of nitrogens with zero attached hydrogens (tertiary/aromatic N) is 1. The highest BCUT2D eigenvalue weighted by molar-refractivity contribution is 7.92. The van der Waals surface area contributed by atoms with E-state index in [2.05, 4.69) is 14.9 Å². The van der Waals surface area contributed by atoms with Crippen LogP contribution in [0.4, 0.5) is 11.4 Å². The number of carboxylic acids is 1. The molecule has 1 aliphatic heterocycles. The highest BCUT2D eigenvalue weighted by Crippen LogP contribution is 2.28. The molecule has 1 aliphatic rings. The van der Waals surface area contributed by atoms with E-state index < -0.39 is 22.1 Å². The molecular formula is C23H31N3O7S. The van der Waals surface area contributed by atoms with Gasteiger partial charge in [0, 0.05) is 31.4 Å². The third-order valence-corrected chi connectivity index (χ3v) is 6.18. The second-order valence-corrected chi connectivity index (χ2v) is 10.1. The van der Waals surface area contributed by atoms with Crippen molar-refractivity contribution in [2.24, 2.45) is 0 Å². The first-order chi connectivity index (χ1) is 16.1. The quantitative estimate of drug-likeness (QED) is 0.295. The van der Waals surface area contributed by atoms with Gasteiger partial charge in [-0.25, -0.2) is 13.2 Å². The number of carbonyl (C=O) groups is 1. The number of sulfonamides is 1. The largest absolute Gasteiger partial charge is 0.506 e. The topological polar surface area (TPSA) is 148 Å². The summed E-state index contributed by atoms with van der Waals surface area (Å²) in [4.78, 5) is 12.8. The highest BCUT2D eigenvalue weighted by atomic mass is 32.2. The summed E-state index contributed by atoms with van der Waals surface area (Å²) in [7, 11) is -3.55. The Kier molecular flexibility index (Phi) is 8.72. The maximum absolute atomic E-state index is 11.4. The van der Waals surface area contributed by atoms with Gasteiger partial charge < -0.3 is 30.3 Å².